The molecule has 0 fully saturated rings. The van der Waals surface area contributed by atoms with E-state index in [0.717, 1.165) is 133 Å². The van der Waals surface area contributed by atoms with Crippen LogP contribution in [0.3, 0.4) is 0 Å². The van der Waals surface area contributed by atoms with Gasteiger partial charge in [-0.05, 0) is 82.9 Å². The van der Waals surface area contributed by atoms with Gasteiger partial charge in [-0.3, -0.25) is 0 Å². The van der Waals surface area contributed by atoms with E-state index in [0.29, 0.717) is 62.2 Å². The minimum absolute atomic E-state index is 0.309. The highest BCUT2D eigenvalue weighted by Crippen LogP contribution is 2.48. The van der Waals surface area contributed by atoms with E-state index < -0.39 is 0 Å². The summed E-state index contributed by atoms with van der Waals surface area (Å²) in [5.74, 6) is 0.636. The van der Waals surface area contributed by atoms with E-state index in [1.165, 1.54) is 21.5 Å². The van der Waals surface area contributed by atoms with Crippen molar-refractivity contribution in [2.24, 2.45) is 0 Å². The Morgan fingerprint density at radius 1 is 0.282 bits per heavy atom. The lowest BCUT2D eigenvalue weighted by Crippen LogP contribution is -2.04. The van der Waals surface area contributed by atoms with Gasteiger partial charge in [-0.25, -0.2) is 24.3 Å². The van der Waals surface area contributed by atoms with Gasteiger partial charge in [0.25, 0.3) is 0 Å². The Morgan fingerprint density at radius 2 is 0.598 bits per heavy atom. The lowest BCUT2D eigenvalue weighted by Gasteiger charge is -2.21. The number of hydrogen-bond acceptors (Lipinski definition) is 8. The maximum atomic E-state index is 16.1. The van der Waals surface area contributed by atoms with Gasteiger partial charge in [0.05, 0.1) is 45.0 Å². The predicted molar refractivity (Wildman–Crippen MR) is 473 cm³/mol. The van der Waals surface area contributed by atoms with Crippen molar-refractivity contribution in [3.63, 3.8) is 0 Å². The number of nitrogens with one attached hydrogen (secondary N) is 1. The standard InChI is InChI=1S/C53H32N4O.C35H22FN3.C18H11NO/c54-33-45-48(36-21-9-3-10-22-36)55-53(56-49(45)37-23-11-4-12-24-37)38-31-43(34-17-5-1-6-18-34)50(44(32-38)35-19-7-2-8-20-35)57-46-27-15-13-25-39(46)41-29-30-42-40-26-14-16-28-47(40)58-52(42)51(41)57;36-32-29(24-13-5-1-6-14-24)21-28(22-30(32)25-15-7-2-8-16-25)35-38-33(26-17-9-3-10-18-26)31(23-37)34(39-35)27-19-11-4-12-20-27;1-3-7-15-11(5-1)13-9-10-14-12-6-2-4-8-16(12)20-18(14)17(13)19-15/h1-32H;1-22H;1-10,19H. The molecular formula is C106H65FN8O2. The molecule has 0 bridgehead atoms. The van der Waals surface area contributed by atoms with Gasteiger partial charge in [-0.1, -0.05) is 328 Å². The zero-order valence-electron chi connectivity index (χ0n) is 62.8. The molecule has 6 heterocycles. The molecule has 0 atom stereocenters. The third-order valence-corrected chi connectivity index (χ3v) is 21.7. The molecular weight excluding hydrogens is 1440 g/mol. The molecule has 0 saturated heterocycles. The summed E-state index contributed by atoms with van der Waals surface area (Å²) in [6.07, 6.45) is 0. The summed E-state index contributed by atoms with van der Waals surface area (Å²) >= 11 is 0. The average molecular weight is 1500 g/mol. The number of halogens is 1. The Kier molecular flexibility index (Phi) is 18.0. The highest BCUT2D eigenvalue weighted by atomic mass is 19.1. The van der Waals surface area contributed by atoms with E-state index in [2.05, 4.69) is 167 Å². The molecule has 16 aromatic carbocycles. The molecule has 0 aliphatic rings. The summed E-state index contributed by atoms with van der Waals surface area (Å²) in [6, 6.07) is 134. The molecule has 10 nitrogen and oxygen atoms in total. The highest BCUT2D eigenvalue weighted by Gasteiger charge is 2.28. The number of nitriles is 2. The summed E-state index contributed by atoms with van der Waals surface area (Å²) in [5, 5.41) is 30.1. The number of para-hydroxylation sites is 4. The van der Waals surface area contributed by atoms with Gasteiger partial charge in [0.1, 0.15) is 40.2 Å². The van der Waals surface area contributed by atoms with Crippen LogP contribution in [0.1, 0.15) is 11.1 Å². The molecule has 548 valence electrons. The fourth-order valence-corrected chi connectivity index (χ4v) is 16.3. The van der Waals surface area contributed by atoms with Crippen LogP contribution in [-0.2, 0) is 0 Å². The maximum absolute atomic E-state index is 16.1. The highest BCUT2D eigenvalue weighted by molar-refractivity contribution is 6.23. The largest absolute Gasteiger partial charge is 0.454 e. The monoisotopic (exact) mass is 1500 g/mol. The number of fused-ring (bicyclic) bond motifs is 14. The summed E-state index contributed by atoms with van der Waals surface area (Å²) in [7, 11) is 0. The Bertz CT molecular complexity index is 7300. The lowest BCUT2D eigenvalue weighted by molar-refractivity contribution is 0.635. The number of H-pyrrole nitrogens is 1. The quantitative estimate of drug-likeness (QED) is 0.135. The topological polar surface area (TPSA) is 146 Å². The summed E-state index contributed by atoms with van der Waals surface area (Å²) in [5.41, 5.74) is 23.3. The van der Waals surface area contributed by atoms with Crippen molar-refractivity contribution in [3.8, 4) is 130 Å². The first-order valence-electron chi connectivity index (χ1n) is 38.6. The summed E-state index contributed by atoms with van der Waals surface area (Å²) in [6.45, 7) is 0. The number of benzene rings is 16. The van der Waals surface area contributed by atoms with E-state index in [9.17, 15) is 10.5 Å². The van der Waals surface area contributed by atoms with Gasteiger partial charge >= 0.3 is 0 Å². The zero-order chi connectivity index (χ0) is 78.3. The van der Waals surface area contributed by atoms with E-state index in [4.69, 9.17) is 28.8 Å². The molecule has 0 radical (unpaired) electrons. The maximum Gasteiger partial charge on any atom is 0.160 e. The van der Waals surface area contributed by atoms with Crippen LogP contribution in [0.25, 0.3) is 205 Å². The van der Waals surface area contributed by atoms with Crippen molar-refractivity contribution >= 4 is 87.5 Å². The van der Waals surface area contributed by atoms with Crippen molar-refractivity contribution in [1.82, 2.24) is 29.5 Å². The molecule has 0 unspecified atom stereocenters. The Labute approximate surface area is 671 Å². The van der Waals surface area contributed by atoms with Crippen molar-refractivity contribution in [1.29, 1.82) is 10.5 Å². The van der Waals surface area contributed by atoms with Gasteiger partial charge in [0, 0.05) is 104 Å². The average Bonchev–Trinajstić information content (AvgIpc) is 1.55. The first-order chi connectivity index (χ1) is 57.9. The number of furan rings is 2. The SMILES string of the molecule is N#Cc1c(-c2ccccc2)nc(-c2cc(-c3ccccc3)c(-n3c4ccccc4c4ccc5c6ccccc6oc5c43)c(-c3ccccc3)c2)nc1-c1ccccc1.N#Cc1c(-c2ccccc2)nc(-c2cc(-c3ccccc3)c(F)c(-c3ccccc3)c2)nc1-c1ccccc1.c1ccc2c(c1)[nH]c1c2ccc2c3ccccc3oc21. The van der Waals surface area contributed by atoms with Crippen LogP contribution in [0, 0.1) is 28.5 Å². The Balaban J connectivity index is 0.000000127. The molecule has 22 rings (SSSR count). The molecule has 6 aromatic heterocycles. The van der Waals surface area contributed by atoms with Gasteiger partial charge < -0.3 is 18.4 Å². The molecule has 0 amide bonds. The third-order valence-electron chi connectivity index (χ3n) is 21.7. The van der Waals surface area contributed by atoms with Crippen LogP contribution in [0.5, 0.6) is 0 Å². The predicted octanol–water partition coefficient (Wildman–Crippen LogP) is 27.7. The van der Waals surface area contributed by atoms with Crippen LogP contribution >= 0.6 is 0 Å². The first-order valence-corrected chi connectivity index (χ1v) is 38.6. The Hall–Kier alpha value is -16.2. The van der Waals surface area contributed by atoms with Gasteiger partial charge in [-0.2, -0.15) is 10.5 Å². The third kappa shape index (κ3) is 12.7. The number of nitrogens with zero attached hydrogens (tertiary/aromatic N) is 7. The molecule has 11 heteroatoms. The number of aromatic amines is 1. The van der Waals surface area contributed by atoms with E-state index >= 15 is 4.39 Å². The molecule has 1 N–H and O–H groups in total. The number of rotatable bonds is 11. The van der Waals surface area contributed by atoms with Gasteiger partial charge in [0.2, 0.25) is 0 Å². The summed E-state index contributed by atoms with van der Waals surface area (Å²) < 4.78 is 31.3. The second-order valence-corrected chi connectivity index (χ2v) is 28.6. The Morgan fingerprint density at radius 3 is 1.02 bits per heavy atom. The molecule has 117 heavy (non-hydrogen) atoms. The minimum atomic E-state index is -0.309. The van der Waals surface area contributed by atoms with Crippen LogP contribution in [-0.4, -0.2) is 29.5 Å². The molecule has 0 aliphatic carbocycles. The summed E-state index contributed by atoms with van der Waals surface area (Å²) in [4.78, 5) is 23.8. The van der Waals surface area contributed by atoms with Crippen molar-refractivity contribution in [2.75, 3.05) is 0 Å². The van der Waals surface area contributed by atoms with Crippen molar-refractivity contribution in [3.05, 3.63) is 405 Å². The van der Waals surface area contributed by atoms with Crippen LogP contribution < -0.4 is 0 Å². The van der Waals surface area contributed by atoms with E-state index in [1.54, 1.807) is 12.1 Å². The second kappa shape index (κ2) is 30.1. The lowest BCUT2D eigenvalue weighted by atomic mass is 9.92. The fraction of sp³-hybridized carbons (Fsp3) is 0. The van der Waals surface area contributed by atoms with E-state index in [1.807, 2.05) is 231 Å². The smallest absolute Gasteiger partial charge is 0.160 e. The molecule has 0 aliphatic heterocycles. The molecule has 22 aromatic rings. The van der Waals surface area contributed by atoms with Crippen molar-refractivity contribution < 1.29 is 13.2 Å². The van der Waals surface area contributed by atoms with Crippen molar-refractivity contribution in [2.45, 2.75) is 0 Å². The van der Waals surface area contributed by atoms with Gasteiger partial charge in [0.15, 0.2) is 22.8 Å². The number of hydrogen-bond donors (Lipinski definition) is 1. The molecule has 0 spiro atoms. The van der Waals surface area contributed by atoms with Crippen LogP contribution in [0.2, 0.25) is 0 Å². The van der Waals surface area contributed by atoms with Crippen LogP contribution in [0.4, 0.5) is 4.39 Å². The fourth-order valence-electron chi connectivity index (χ4n) is 16.3. The van der Waals surface area contributed by atoms with E-state index in [-0.39, 0.29) is 5.82 Å². The first kappa shape index (κ1) is 69.9. The van der Waals surface area contributed by atoms with Gasteiger partial charge in [-0.15, -0.1) is 0 Å². The normalized spacial score (nSPS) is 11.3. The van der Waals surface area contributed by atoms with Crippen LogP contribution in [0.15, 0.2) is 397 Å². The molecule has 0 saturated carbocycles. The minimum Gasteiger partial charge on any atom is -0.454 e. The zero-order valence-corrected chi connectivity index (χ0v) is 62.8. The second-order valence-electron chi connectivity index (χ2n) is 28.6. The number of aromatic nitrogens is 6.